The maximum absolute atomic E-state index is 9.17. The first-order valence-electron chi connectivity index (χ1n) is 5.43. The predicted molar refractivity (Wildman–Crippen MR) is 82.7 cm³/mol. The van der Waals surface area contributed by atoms with Crippen molar-refractivity contribution in [2.45, 2.75) is 6.92 Å². The molecule has 18 heavy (non-hydrogen) atoms. The molecule has 2 aromatic rings. The topological polar surface area (TPSA) is 61.8 Å². The van der Waals surface area contributed by atoms with Gasteiger partial charge in [-0.1, -0.05) is 12.1 Å². The highest BCUT2D eigenvalue weighted by Gasteiger charge is 2.06. The lowest BCUT2D eigenvalue weighted by Crippen LogP contribution is -1.99. The molecule has 0 saturated carbocycles. The number of nitrogen functional groups attached to an aromatic ring is 1. The summed E-state index contributed by atoms with van der Waals surface area (Å²) in [4.78, 5) is 0. The van der Waals surface area contributed by atoms with E-state index < -0.39 is 0 Å². The average molecular weight is 349 g/mol. The molecule has 0 heterocycles. The van der Waals surface area contributed by atoms with Crippen molar-refractivity contribution < 1.29 is 0 Å². The zero-order valence-corrected chi connectivity index (χ0v) is 12.0. The fourth-order valence-corrected chi connectivity index (χ4v) is 2.23. The Morgan fingerprint density at radius 1 is 1.22 bits per heavy atom. The molecule has 0 aliphatic rings. The lowest BCUT2D eigenvalue weighted by molar-refractivity contribution is 1.38. The molecule has 0 aromatic heterocycles. The summed E-state index contributed by atoms with van der Waals surface area (Å²) in [7, 11) is 0. The summed E-state index contributed by atoms with van der Waals surface area (Å²) in [5.41, 5.74) is 9.82. The fourth-order valence-electron chi connectivity index (χ4n) is 1.71. The van der Waals surface area contributed by atoms with Crippen molar-refractivity contribution in [3.63, 3.8) is 0 Å². The molecule has 0 unspecified atom stereocenters. The van der Waals surface area contributed by atoms with Gasteiger partial charge in [-0.2, -0.15) is 5.26 Å². The zero-order valence-electron chi connectivity index (χ0n) is 9.87. The van der Waals surface area contributed by atoms with Crippen LogP contribution in [0.15, 0.2) is 36.4 Å². The van der Waals surface area contributed by atoms with Gasteiger partial charge in [0.2, 0.25) is 0 Å². The van der Waals surface area contributed by atoms with Gasteiger partial charge in [0.05, 0.1) is 22.6 Å². The minimum atomic E-state index is 0.649. The van der Waals surface area contributed by atoms with Gasteiger partial charge < -0.3 is 11.1 Å². The quantitative estimate of drug-likeness (QED) is 0.640. The van der Waals surface area contributed by atoms with Gasteiger partial charge in [-0.15, -0.1) is 0 Å². The third-order valence-electron chi connectivity index (χ3n) is 2.67. The van der Waals surface area contributed by atoms with Crippen LogP contribution in [0.1, 0.15) is 11.1 Å². The molecule has 0 atom stereocenters. The van der Waals surface area contributed by atoms with Gasteiger partial charge in [-0.3, -0.25) is 0 Å². The van der Waals surface area contributed by atoms with Crippen LogP contribution in [-0.4, -0.2) is 0 Å². The second-order valence-corrected chi connectivity index (χ2v) is 5.21. The van der Waals surface area contributed by atoms with E-state index in [9.17, 15) is 0 Å². The van der Waals surface area contributed by atoms with Crippen LogP contribution in [0.4, 0.5) is 17.1 Å². The summed E-state index contributed by atoms with van der Waals surface area (Å²) >= 11 is 2.21. The maximum Gasteiger partial charge on any atom is 0.102 e. The Balaban J connectivity index is 2.41. The second kappa shape index (κ2) is 5.27. The summed E-state index contributed by atoms with van der Waals surface area (Å²) in [6.45, 7) is 1.92. The largest absolute Gasteiger partial charge is 0.397 e. The molecule has 2 aromatic carbocycles. The standard InChI is InChI=1S/C14H12IN3/c1-9-3-2-4-13(11(9)8-16)18-14-6-5-10(15)7-12(14)17/h2-7,18H,17H2,1H3. The van der Waals surface area contributed by atoms with Gasteiger partial charge in [0.25, 0.3) is 0 Å². The Hall–Kier alpha value is -1.74. The van der Waals surface area contributed by atoms with Gasteiger partial charge in [-0.05, 0) is 59.3 Å². The molecule has 0 amide bonds. The van der Waals surface area contributed by atoms with E-state index in [0.717, 1.165) is 20.5 Å². The first-order valence-corrected chi connectivity index (χ1v) is 6.51. The van der Waals surface area contributed by atoms with E-state index in [-0.39, 0.29) is 0 Å². The van der Waals surface area contributed by atoms with Crippen LogP contribution in [0.2, 0.25) is 0 Å². The molecule has 0 aliphatic heterocycles. The third-order valence-corrected chi connectivity index (χ3v) is 3.34. The lowest BCUT2D eigenvalue weighted by atomic mass is 10.1. The molecule has 0 aliphatic carbocycles. The zero-order chi connectivity index (χ0) is 13.1. The van der Waals surface area contributed by atoms with Crippen molar-refractivity contribution in [1.82, 2.24) is 0 Å². The number of hydrogen-bond donors (Lipinski definition) is 2. The van der Waals surface area contributed by atoms with Crippen LogP contribution in [0.25, 0.3) is 0 Å². The Morgan fingerprint density at radius 3 is 2.67 bits per heavy atom. The highest BCUT2D eigenvalue weighted by atomic mass is 127. The van der Waals surface area contributed by atoms with Crippen molar-refractivity contribution in [1.29, 1.82) is 5.26 Å². The van der Waals surface area contributed by atoms with Crippen molar-refractivity contribution in [2.75, 3.05) is 11.1 Å². The normalized spacial score (nSPS) is 9.83. The number of halogens is 1. The van der Waals surface area contributed by atoms with Crippen LogP contribution in [-0.2, 0) is 0 Å². The Labute approximate surface area is 120 Å². The number of anilines is 3. The summed E-state index contributed by atoms with van der Waals surface area (Å²) in [5.74, 6) is 0. The number of nitrogens with two attached hydrogens (primary N) is 1. The van der Waals surface area contributed by atoms with Crippen LogP contribution in [0, 0.1) is 21.8 Å². The Morgan fingerprint density at radius 2 is 2.00 bits per heavy atom. The number of rotatable bonds is 2. The number of nitrogens with one attached hydrogen (secondary N) is 1. The second-order valence-electron chi connectivity index (χ2n) is 3.97. The molecule has 4 heteroatoms. The minimum Gasteiger partial charge on any atom is -0.397 e. The molecular formula is C14H12IN3. The summed E-state index contributed by atoms with van der Waals surface area (Å²) in [5, 5.41) is 12.4. The smallest absolute Gasteiger partial charge is 0.102 e. The maximum atomic E-state index is 9.17. The molecule has 0 spiro atoms. The monoisotopic (exact) mass is 349 g/mol. The molecule has 3 N–H and O–H groups in total. The van der Waals surface area contributed by atoms with Crippen LogP contribution in [0.3, 0.4) is 0 Å². The highest BCUT2D eigenvalue weighted by molar-refractivity contribution is 14.1. The van der Waals surface area contributed by atoms with Gasteiger partial charge in [0.15, 0.2) is 0 Å². The first-order chi connectivity index (χ1) is 8.61. The summed E-state index contributed by atoms with van der Waals surface area (Å²) < 4.78 is 1.08. The van der Waals surface area contributed by atoms with E-state index >= 15 is 0 Å². The van der Waals surface area contributed by atoms with E-state index in [0.29, 0.717) is 11.3 Å². The minimum absolute atomic E-state index is 0.649. The van der Waals surface area contributed by atoms with Crippen LogP contribution in [0.5, 0.6) is 0 Å². The molecular weight excluding hydrogens is 337 g/mol. The van der Waals surface area contributed by atoms with E-state index in [1.165, 1.54) is 0 Å². The molecule has 3 nitrogen and oxygen atoms in total. The number of nitrogens with zero attached hydrogens (tertiary/aromatic N) is 1. The fraction of sp³-hybridized carbons (Fsp3) is 0.0714. The average Bonchev–Trinajstić information content (AvgIpc) is 2.33. The Kier molecular flexibility index (Phi) is 3.72. The van der Waals surface area contributed by atoms with Crippen LogP contribution >= 0.6 is 22.6 Å². The van der Waals surface area contributed by atoms with E-state index in [1.54, 1.807) is 0 Å². The summed E-state index contributed by atoms with van der Waals surface area (Å²) in [6, 6.07) is 13.7. The lowest BCUT2D eigenvalue weighted by Gasteiger charge is -2.12. The van der Waals surface area contributed by atoms with Gasteiger partial charge in [-0.25, -0.2) is 0 Å². The van der Waals surface area contributed by atoms with Gasteiger partial charge >= 0.3 is 0 Å². The molecule has 2 rings (SSSR count). The van der Waals surface area contributed by atoms with Crippen molar-refractivity contribution in [3.05, 3.63) is 51.1 Å². The van der Waals surface area contributed by atoms with Crippen molar-refractivity contribution >= 4 is 39.7 Å². The summed E-state index contributed by atoms with van der Waals surface area (Å²) in [6.07, 6.45) is 0. The Bertz CT molecular complexity index is 629. The number of nitriles is 1. The molecule has 0 bridgehead atoms. The molecule has 0 fully saturated rings. The molecule has 0 saturated heterocycles. The molecule has 0 radical (unpaired) electrons. The third kappa shape index (κ3) is 2.57. The first kappa shape index (κ1) is 12.7. The van der Waals surface area contributed by atoms with Crippen molar-refractivity contribution in [3.8, 4) is 6.07 Å². The van der Waals surface area contributed by atoms with Gasteiger partial charge in [0.1, 0.15) is 6.07 Å². The predicted octanol–water partition coefficient (Wildman–Crippen LogP) is 3.80. The van der Waals surface area contributed by atoms with Gasteiger partial charge in [0, 0.05) is 3.57 Å². The van der Waals surface area contributed by atoms with Crippen LogP contribution < -0.4 is 11.1 Å². The van der Waals surface area contributed by atoms with E-state index in [1.807, 2.05) is 43.3 Å². The molecule has 90 valence electrons. The number of aryl methyl sites for hydroxylation is 1. The SMILES string of the molecule is Cc1cccc(Nc2ccc(I)cc2N)c1C#N. The van der Waals surface area contributed by atoms with Crippen molar-refractivity contribution in [2.24, 2.45) is 0 Å². The highest BCUT2D eigenvalue weighted by Crippen LogP contribution is 2.27. The van der Waals surface area contributed by atoms with E-state index in [2.05, 4.69) is 34.0 Å². The number of benzene rings is 2. The van der Waals surface area contributed by atoms with E-state index in [4.69, 9.17) is 11.0 Å². The number of hydrogen-bond acceptors (Lipinski definition) is 3.